The van der Waals surface area contributed by atoms with Crippen molar-refractivity contribution in [2.45, 2.75) is 13.5 Å². The molecule has 0 spiro atoms. The predicted octanol–water partition coefficient (Wildman–Crippen LogP) is 1.93. The maximum absolute atomic E-state index is 11.3. The number of aryl methyl sites for hydroxylation is 1. The molecule has 0 amide bonds. The zero-order chi connectivity index (χ0) is 10.7. The van der Waals surface area contributed by atoms with Crippen LogP contribution in [0.2, 0.25) is 0 Å². The highest BCUT2D eigenvalue weighted by atomic mass is 16.1. The summed E-state index contributed by atoms with van der Waals surface area (Å²) in [6.07, 6.45) is 0. The van der Waals surface area contributed by atoms with E-state index in [1.807, 2.05) is 37.3 Å². The molecular formula is C12H12N2O. The van der Waals surface area contributed by atoms with Crippen LogP contribution in [0.15, 0.2) is 47.3 Å². The van der Waals surface area contributed by atoms with Gasteiger partial charge in [-0.1, -0.05) is 30.3 Å². The first-order chi connectivity index (χ1) is 7.31. The first-order valence-corrected chi connectivity index (χ1v) is 4.95. The van der Waals surface area contributed by atoms with Crippen molar-refractivity contribution in [3.05, 3.63) is 52.8 Å². The number of nitrogens with zero attached hydrogens (tertiary/aromatic N) is 2. The second-order valence-electron chi connectivity index (χ2n) is 3.24. The third-order valence-corrected chi connectivity index (χ3v) is 2.24. The molecule has 3 heteroatoms. The molecule has 15 heavy (non-hydrogen) atoms. The van der Waals surface area contributed by atoms with E-state index in [0.717, 1.165) is 11.3 Å². The molecule has 0 atom stereocenters. The highest BCUT2D eigenvalue weighted by molar-refractivity contribution is 5.57. The van der Waals surface area contributed by atoms with Crippen molar-refractivity contribution in [1.82, 2.24) is 9.78 Å². The van der Waals surface area contributed by atoms with Crippen LogP contribution in [0.5, 0.6) is 0 Å². The molecule has 0 saturated heterocycles. The lowest BCUT2D eigenvalue weighted by Gasteiger charge is -2.03. The van der Waals surface area contributed by atoms with Crippen LogP contribution in [0.1, 0.15) is 6.92 Å². The molecule has 1 aromatic heterocycles. The monoisotopic (exact) mass is 200 g/mol. The third-order valence-electron chi connectivity index (χ3n) is 2.24. The Bertz CT molecular complexity index is 503. The van der Waals surface area contributed by atoms with Crippen LogP contribution in [0, 0.1) is 0 Å². The first-order valence-electron chi connectivity index (χ1n) is 4.95. The largest absolute Gasteiger partial charge is 0.268 e. The normalized spacial score (nSPS) is 10.2. The van der Waals surface area contributed by atoms with Crippen molar-refractivity contribution in [2.24, 2.45) is 0 Å². The van der Waals surface area contributed by atoms with Gasteiger partial charge in [0.15, 0.2) is 0 Å². The molecule has 0 saturated carbocycles. The minimum Gasteiger partial charge on any atom is -0.268 e. The van der Waals surface area contributed by atoms with E-state index in [9.17, 15) is 4.79 Å². The van der Waals surface area contributed by atoms with Gasteiger partial charge in [-0.3, -0.25) is 4.79 Å². The summed E-state index contributed by atoms with van der Waals surface area (Å²) in [5.41, 5.74) is 1.80. The van der Waals surface area contributed by atoms with Crippen molar-refractivity contribution in [3.63, 3.8) is 0 Å². The van der Waals surface area contributed by atoms with Crippen molar-refractivity contribution < 1.29 is 0 Å². The molecule has 76 valence electrons. The lowest BCUT2D eigenvalue weighted by molar-refractivity contribution is 0.619. The second-order valence-corrected chi connectivity index (χ2v) is 3.24. The van der Waals surface area contributed by atoms with Gasteiger partial charge in [-0.05, 0) is 13.0 Å². The van der Waals surface area contributed by atoms with Crippen LogP contribution >= 0.6 is 0 Å². The minimum absolute atomic E-state index is 0.0582. The molecule has 0 fully saturated rings. The maximum Gasteiger partial charge on any atom is 0.266 e. The average Bonchev–Trinajstić information content (AvgIpc) is 2.31. The lowest BCUT2D eigenvalue weighted by atomic mass is 10.1. The van der Waals surface area contributed by atoms with E-state index < -0.39 is 0 Å². The van der Waals surface area contributed by atoms with Gasteiger partial charge in [0.05, 0.1) is 5.69 Å². The van der Waals surface area contributed by atoms with Gasteiger partial charge in [-0.2, -0.15) is 5.10 Å². The standard InChI is InChI=1S/C12H12N2O/c1-2-14-12(15)9-8-11(13-14)10-6-4-3-5-7-10/h3-9H,2H2,1H3. The molecule has 1 aromatic carbocycles. The van der Waals surface area contributed by atoms with Gasteiger partial charge in [0, 0.05) is 18.2 Å². The molecule has 0 bridgehead atoms. The van der Waals surface area contributed by atoms with Crippen LogP contribution in [0.3, 0.4) is 0 Å². The van der Waals surface area contributed by atoms with Crippen LogP contribution < -0.4 is 5.56 Å². The van der Waals surface area contributed by atoms with Crippen molar-refractivity contribution in [2.75, 3.05) is 0 Å². The highest BCUT2D eigenvalue weighted by Gasteiger charge is 2.00. The van der Waals surface area contributed by atoms with E-state index >= 15 is 0 Å². The highest BCUT2D eigenvalue weighted by Crippen LogP contribution is 2.13. The van der Waals surface area contributed by atoms with Crippen LogP contribution in [0.25, 0.3) is 11.3 Å². The summed E-state index contributed by atoms with van der Waals surface area (Å²) in [7, 11) is 0. The summed E-state index contributed by atoms with van der Waals surface area (Å²) in [6.45, 7) is 2.50. The van der Waals surface area contributed by atoms with E-state index in [2.05, 4.69) is 5.10 Å². The van der Waals surface area contributed by atoms with Gasteiger partial charge < -0.3 is 0 Å². The molecule has 0 aliphatic heterocycles. The Balaban J connectivity index is 2.51. The van der Waals surface area contributed by atoms with Crippen molar-refractivity contribution in [3.8, 4) is 11.3 Å². The van der Waals surface area contributed by atoms with Crippen molar-refractivity contribution >= 4 is 0 Å². The van der Waals surface area contributed by atoms with Crippen LogP contribution in [-0.2, 0) is 6.54 Å². The lowest BCUT2D eigenvalue weighted by Crippen LogP contribution is -2.20. The molecule has 2 rings (SSSR count). The second kappa shape index (κ2) is 4.09. The Hall–Kier alpha value is -1.90. The number of hydrogen-bond donors (Lipinski definition) is 0. The van der Waals surface area contributed by atoms with Gasteiger partial charge in [0.1, 0.15) is 0 Å². The molecule has 1 heterocycles. The summed E-state index contributed by atoms with van der Waals surface area (Å²) in [5, 5.41) is 4.27. The molecule has 3 nitrogen and oxygen atoms in total. The molecule has 0 N–H and O–H groups in total. The zero-order valence-electron chi connectivity index (χ0n) is 8.55. The minimum atomic E-state index is -0.0582. The summed E-state index contributed by atoms with van der Waals surface area (Å²) >= 11 is 0. The van der Waals surface area contributed by atoms with E-state index in [1.165, 1.54) is 4.68 Å². The molecular weight excluding hydrogens is 188 g/mol. The summed E-state index contributed by atoms with van der Waals surface area (Å²) < 4.78 is 1.46. The number of rotatable bonds is 2. The smallest absolute Gasteiger partial charge is 0.266 e. The molecule has 2 aromatic rings. The van der Waals surface area contributed by atoms with Crippen LogP contribution in [0.4, 0.5) is 0 Å². The fourth-order valence-electron chi connectivity index (χ4n) is 1.44. The fourth-order valence-corrected chi connectivity index (χ4v) is 1.44. The molecule has 0 unspecified atom stereocenters. The fraction of sp³-hybridized carbons (Fsp3) is 0.167. The topological polar surface area (TPSA) is 34.9 Å². The van der Waals surface area contributed by atoms with Crippen LogP contribution in [-0.4, -0.2) is 9.78 Å². The SMILES string of the molecule is CCn1nc(-c2ccccc2)ccc1=O. The van der Waals surface area contributed by atoms with Gasteiger partial charge in [-0.25, -0.2) is 4.68 Å². The zero-order valence-corrected chi connectivity index (χ0v) is 8.55. The quantitative estimate of drug-likeness (QED) is 0.742. The number of benzene rings is 1. The number of aromatic nitrogens is 2. The molecule has 0 radical (unpaired) electrons. The summed E-state index contributed by atoms with van der Waals surface area (Å²) in [6, 6.07) is 13.1. The predicted molar refractivity (Wildman–Crippen MR) is 59.6 cm³/mol. The molecule has 0 aliphatic rings. The Morgan fingerprint density at radius 3 is 2.53 bits per heavy atom. The maximum atomic E-state index is 11.3. The van der Waals surface area contributed by atoms with Gasteiger partial charge in [0.2, 0.25) is 0 Å². The Morgan fingerprint density at radius 2 is 1.87 bits per heavy atom. The van der Waals surface area contributed by atoms with Gasteiger partial charge >= 0.3 is 0 Å². The Kier molecular flexibility index (Phi) is 2.63. The first kappa shape index (κ1) is 9.65. The van der Waals surface area contributed by atoms with E-state index in [4.69, 9.17) is 0 Å². The average molecular weight is 200 g/mol. The van der Waals surface area contributed by atoms with Gasteiger partial charge in [-0.15, -0.1) is 0 Å². The van der Waals surface area contributed by atoms with Gasteiger partial charge in [0.25, 0.3) is 5.56 Å². The van der Waals surface area contributed by atoms with E-state index in [1.54, 1.807) is 12.1 Å². The number of hydrogen-bond acceptors (Lipinski definition) is 2. The Labute approximate surface area is 88.0 Å². The molecule has 0 aliphatic carbocycles. The summed E-state index contributed by atoms with van der Waals surface area (Å²) in [5.74, 6) is 0. The van der Waals surface area contributed by atoms with E-state index in [0.29, 0.717) is 6.54 Å². The summed E-state index contributed by atoms with van der Waals surface area (Å²) in [4.78, 5) is 11.3. The Morgan fingerprint density at radius 1 is 1.13 bits per heavy atom. The third kappa shape index (κ3) is 1.96. The van der Waals surface area contributed by atoms with Crippen molar-refractivity contribution in [1.29, 1.82) is 0 Å². The van der Waals surface area contributed by atoms with E-state index in [-0.39, 0.29) is 5.56 Å².